The van der Waals surface area contributed by atoms with Crippen LogP contribution in [0.15, 0.2) is 40.3 Å². The van der Waals surface area contributed by atoms with E-state index >= 15 is 0 Å². The number of anilines is 1. The van der Waals surface area contributed by atoms with Crippen molar-refractivity contribution in [1.29, 1.82) is 0 Å². The minimum atomic E-state index is -0.109. The lowest BCUT2D eigenvalue weighted by molar-refractivity contribution is 0.956. The van der Waals surface area contributed by atoms with Crippen molar-refractivity contribution in [1.82, 2.24) is 10.3 Å². The summed E-state index contributed by atoms with van der Waals surface area (Å²) < 4.78 is 0. The van der Waals surface area contributed by atoms with Crippen molar-refractivity contribution >= 4 is 28.5 Å². The lowest BCUT2D eigenvalue weighted by atomic mass is 10.0. The van der Waals surface area contributed by atoms with Crippen LogP contribution in [0, 0.1) is 0 Å². The number of hydrogen-bond donors (Lipinski definition) is 3. The van der Waals surface area contributed by atoms with Crippen molar-refractivity contribution in [3.63, 3.8) is 0 Å². The summed E-state index contributed by atoms with van der Waals surface area (Å²) in [6.07, 6.45) is 3.46. The first kappa shape index (κ1) is 9.47. The van der Waals surface area contributed by atoms with E-state index in [4.69, 9.17) is 0 Å². The Labute approximate surface area is 102 Å². The molecule has 0 saturated heterocycles. The van der Waals surface area contributed by atoms with Crippen molar-refractivity contribution in [2.75, 3.05) is 5.32 Å². The molecule has 0 amide bonds. The molecule has 1 atom stereocenters. The van der Waals surface area contributed by atoms with Crippen molar-refractivity contribution < 1.29 is 0 Å². The van der Waals surface area contributed by atoms with Gasteiger partial charge < -0.3 is 15.6 Å². The average Bonchev–Trinajstić information content (AvgIpc) is 2.77. The fraction of sp³-hybridized carbons (Fsp3) is 0.0769. The number of nitrogens with one attached hydrogen (secondary N) is 3. The number of fused-ring (bicyclic) bond motifs is 5. The Bertz CT molecular complexity index is 772. The molecule has 1 unspecified atom stereocenters. The van der Waals surface area contributed by atoms with Gasteiger partial charge in [0, 0.05) is 22.7 Å². The highest BCUT2D eigenvalue weighted by molar-refractivity contribution is 6.02. The second-order valence-corrected chi connectivity index (χ2v) is 4.34. The number of aromatic nitrogens is 1. The molecule has 88 valence electrons. The van der Waals surface area contributed by atoms with Crippen LogP contribution >= 0.6 is 0 Å². The zero-order valence-electron chi connectivity index (χ0n) is 9.40. The van der Waals surface area contributed by atoms with E-state index in [0.29, 0.717) is 5.39 Å². The third-order valence-corrected chi connectivity index (χ3v) is 3.33. The van der Waals surface area contributed by atoms with Crippen LogP contribution in [0.4, 0.5) is 5.82 Å². The summed E-state index contributed by atoms with van der Waals surface area (Å²) in [5, 5.41) is 7.86. The minimum Gasteiger partial charge on any atom is -0.353 e. The third kappa shape index (κ3) is 1.10. The maximum absolute atomic E-state index is 12.0. The zero-order valence-corrected chi connectivity index (χ0v) is 9.40. The minimum absolute atomic E-state index is 0.0759. The van der Waals surface area contributed by atoms with Gasteiger partial charge in [-0.1, -0.05) is 18.2 Å². The van der Waals surface area contributed by atoms with Crippen LogP contribution in [-0.4, -0.2) is 17.5 Å². The van der Waals surface area contributed by atoms with Gasteiger partial charge in [0.2, 0.25) is 0 Å². The first-order valence-electron chi connectivity index (χ1n) is 5.74. The van der Waals surface area contributed by atoms with E-state index in [1.165, 1.54) is 0 Å². The number of aliphatic imine (C=N–C) groups is 1. The van der Waals surface area contributed by atoms with Gasteiger partial charge >= 0.3 is 0 Å². The highest BCUT2D eigenvalue weighted by Crippen LogP contribution is 2.38. The van der Waals surface area contributed by atoms with Crippen LogP contribution < -0.4 is 16.2 Å². The van der Waals surface area contributed by atoms with Crippen LogP contribution in [-0.2, 0) is 0 Å². The molecule has 0 bridgehead atoms. The fourth-order valence-corrected chi connectivity index (χ4v) is 2.55. The Morgan fingerprint density at radius 1 is 1.17 bits per heavy atom. The second-order valence-electron chi connectivity index (χ2n) is 4.34. The SMILES string of the molecule is O=c1[nH]c2c(c3ccccc13)C1=CNC=NC1N2. The largest absolute Gasteiger partial charge is 0.353 e. The van der Waals surface area contributed by atoms with Crippen LogP contribution in [0.3, 0.4) is 0 Å². The first-order valence-corrected chi connectivity index (χ1v) is 5.74. The molecule has 4 rings (SSSR count). The van der Waals surface area contributed by atoms with Gasteiger partial charge in [-0.15, -0.1) is 0 Å². The van der Waals surface area contributed by atoms with Crippen LogP contribution in [0.5, 0.6) is 0 Å². The monoisotopic (exact) mass is 238 g/mol. The maximum Gasteiger partial charge on any atom is 0.257 e. The summed E-state index contributed by atoms with van der Waals surface area (Å²) in [6, 6.07) is 7.61. The van der Waals surface area contributed by atoms with Crippen molar-refractivity contribution in [3.8, 4) is 0 Å². The lowest BCUT2D eigenvalue weighted by Crippen LogP contribution is -2.20. The highest BCUT2D eigenvalue weighted by Gasteiger charge is 2.29. The molecule has 0 saturated carbocycles. The van der Waals surface area contributed by atoms with Crippen molar-refractivity contribution in [3.05, 3.63) is 46.4 Å². The van der Waals surface area contributed by atoms with Crippen molar-refractivity contribution in [2.24, 2.45) is 4.99 Å². The maximum atomic E-state index is 12.0. The van der Waals surface area contributed by atoms with E-state index in [1.807, 2.05) is 30.5 Å². The topological polar surface area (TPSA) is 69.3 Å². The molecule has 5 heteroatoms. The van der Waals surface area contributed by atoms with Crippen LogP contribution in [0.1, 0.15) is 5.56 Å². The Morgan fingerprint density at radius 2 is 2.00 bits per heavy atom. The number of pyridine rings is 1. The zero-order chi connectivity index (χ0) is 12.1. The normalized spacial score (nSPS) is 19.8. The van der Waals surface area contributed by atoms with Gasteiger partial charge in [0.15, 0.2) is 0 Å². The molecule has 5 nitrogen and oxygen atoms in total. The van der Waals surface area contributed by atoms with E-state index in [2.05, 4.69) is 20.6 Å². The second kappa shape index (κ2) is 3.22. The fourth-order valence-electron chi connectivity index (χ4n) is 2.55. The Hall–Kier alpha value is -2.56. The molecule has 0 radical (unpaired) electrons. The Balaban J connectivity index is 2.13. The van der Waals surface area contributed by atoms with Gasteiger partial charge in [-0.25, -0.2) is 4.99 Å². The number of H-pyrrole nitrogens is 1. The molecule has 18 heavy (non-hydrogen) atoms. The van der Waals surface area contributed by atoms with Crippen molar-refractivity contribution in [2.45, 2.75) is 6.17 Å². The van der Waals surface area contributed by atoms with Gasteiger partial charge in [0.25, 0.3) is 5.56 Å². The first-order chi connectivity index (χ1) is 8.84. The molecule has 1 aromatic carbocycles. The quantitative estimate of drug-likeness (QED) is 0.647. The lowest BCUT2D eigenvalue weighted by Gasteiger charge is -2.11. The van der Waals surface area contributed by atoms with E-state index in [0.717, 1.165) is 22.3 Å². The van der Waals surface area contributed by atoms with Gasteiger partial charge in [0.05, 0.1) is 6.34 Å². The molecule has 2 aliphatic rings. The molecular formula is C13H10N4O. The number of hydrogen-bond acceptors (Lipinski definition) is 4. The molecule has 0 spiro atoms. The summed E-state index contributed by atoms with van der Waals surface area (Å²) in [4.78, 5) is 19.2. The summed E-state index contributed by atoms with van der Waals surface area (Å²) in [5.41, 5.74) is 2.01. The predicted molar refractivity (Wildman–Crippen MR) is 71.6 cm³/mol. The molecular weight excluding hydrogens is 228 g/mol. The number of benzene rings is 1. The van der Waals surface area contributed by atoms with Gasteiger partial charge in [-0.2, -0.15) is 0 Å². The Morgan fingerprint density at radius 3 is 2.89 bits per heavy atom. The van der Waals surface area contributed by atoms with E-state index in [1.54, 1.807) is 6.34 Å². The molecule has 2 aliphatic heterocycles. The van der Waals surface area contributed by atoms with Crippen LogP contribution in [0.2, 0.25) is 0 Å². The van der Waals surface area contributed by atoms with E-state index in [-0.39, 0.29) is 11.7 Å². The van der Waals surface area contributed by atoms with Crippen LogP contribution in [0.25, 0.3) is 16.3 Å². The highest BCUT2D eigenvalue weighted by atomic mass is 16.1. The van der Waals surface area contributed by atoms with Gasteiger partial charge in [0.1, 0.15) is 12.0 Å². The summed E-state index contributed by atoms with van der Waals surface area (Å²) in [5.74, 6) is 0.746. The molecule has 1 aromatic heterocycles. The summed E-state index contributed by atoms with van der Waals surface area (Å²) >= 11 is 0. The molecule has 0 aliphatic carbocycles. The van der Waals surface area contributed by atoms with Gasteiger partial charge in [-0.05, 0) is 11.5 Å². The van der Waals surface area contributed by atoms with E-state index in [9.17, 15) is 4.79 Å². The molecule has 0 fully saturated rings. The third-order valence-electron chi connectivity index (χ3n) is 3.33. The standard InChI is InChI=1S/C13H10N4O/c18-13-8-4-2-1-3-7(8)10-9-5-14-6-15-11(9)16-12(10)17-13/h1-6,11H,(H,14,15)(H2,16,17,18). The number of rotatable bonds is 0. The number of aromatic amines is 1. The molecule has 3 N–H and O–H groups in total. The van der Waals surface area contributed by atoms with Gasteiger partial charge in [-0.3, -0.25) is 4.79 Å². The molecule has 3 heterocycles. The predicted octanol–water partition coefficient (Wildman–Crippen LogP) is 1.25. The molecule has 2 aromatic rings. The summed E-state index contributed by atoms with van der Waals surface area (Å²) in [7, 11) is 0. The smallest absolute Gasteiger partial charge is 0.257 e. The average molecular weight is 238 g/mol. The van der Waals surface area contributed by atoms with E-state index < -0.39 is 0 Å². The Kier molecular flexibility index (Phi) is 1.70. The number of nitrogens with zero attached hydrogens (tertiary/aromatic N) is 1. The summed E-state index contributed by atoms with van der Waals surface area (Å²) in [6.45, 7) is 0.